The lowest BCUT2D eigenvalue weighted by atomic mass is 9.82. The van der Waals surface area contributed by atoms with E-state index >= 15 is 0 Å². The molecule has 0 saturated carbocycles. The Morgan fingerprint density at radius 1 is 0.933 bits per heavy atom. The molecule has 2 rings (SSSR count). The van der Waals surface area contributed by atoms with Crippen molar-refractivity contribution in [3.05, 3.63) is 57.6 Å². The van der Waals surface area contributed by atoms with Crippen LogP contribution in [0.2, 0.25) is 10.0 Å². The Hall–Kier alpha value is -1.13. The second kappa shape index (κ2) is 11.5. The first-order chi connectivity index (χ1) is 13.5. The molecule has 30 heavy (non-hydrogen) atoms. The highest BCUT2D eigenvalue weighted by Gasteiger charge is 2.25. The van der Waals surface area contributed by atoms with Crippen LogP contribution in [0.25, 0.3) is 0 Å². The average molecular weight is 475 g/mol. The summed E-state index contributed by atoms with van der Waals surface area (Å²) in [4.78, 5) is 0. The summed E-state index contributed by atoms with van der Waals surface area (Å²) < 4.78 is 11.8. The van der Waals surface area contributed by atoms with E-state index in [1.54, 1.807) is 0 Å². The topological polar surface area (TPSA) is 30.5 Å². The molecule has 0 aliphatic carbocycles. The monoisotopic (exact) mass is 473 g/mol. The van der Waals surface area contributed by atoms with Crippen LogP contribution in [0.1, 0.15) is 59.1 Å². The molecule has 1 N–H and O–H groups in total. The van der Waals surface area contributed by atoms with Crippen LogP contribution in [0, 0.1) is 5.41 Å². The van der Waals surface area contributed by atoms with Gasteiger partial charge in [-0.25, -0.2) is 0 Å². The van der Waals surface area contributed by atoms with E-state index in [2.05, 4.69) is 39.9 Å². The molecule has 0 aliphatic rings. The van der Waals surface area contributed by atoms with Gasteiger partial charge >= 0.3 is 0 Å². The van der Waals surface area contributed by atoms with Crippen LogP contribution >= 0.6 is 35.6 Å². The Morgan fingerprint density at radius 2 is 1.60 bits per heavy atom. The first kappa shape index (κ1) is 26.9. The summed E-state index contributed by atoms with van der Waals surface area (Å²) in [7, 11) is 0. The van der Waals surface area contributed by atoms with Gasteiger partial charge in [0, 0.05) is 22.7 Å². The largest absolute Gasteiger partial charge is 0.490 e. The molecule has 2 aromatic rings. The molecule has 0 unspecified atom stereocenters. The van der Waals surface area contributed by atoms with Crippen molar-refractivity contribution in [3.8, 4) is 11.5 Å². The fourth-order valence-corrected chi connectivity index (χ4v) is 4.10. The summed E-state index contributed by atoms with van der Waals surface area (Å²) in [5.41, 5.74) is 2.23. The van der Waals surface area contributed by atoms with Crippen molar-refractivity contribution >= 4 is 35.6 Å². The second-order valence-corrected chi connectivity index (χ2v) is 10.0. The van der Waals surface area contributed by atoms with Crippen LogP contribution in [0.4, 0.5) is 0 Å². The molecule has 0 atom stereocenters. The van der Waals surface area contributed by atoms with Gasteiger partial charge in [-0.2, -0.15) is 0 Å². The van der Waals surface area contributed by atoms with Crippen molar-refractivity contribution < 1.29 is 9.47 Å². The minimum absolute atomic E-state index is 0. The Kier molecular flexibility index (Phi) is 10.3. The van der Waals surface area contributed by atoms with E-state index in [1.807, 2.05) is 43.3 Å². The van der Waals surface area contributed by atoms with Gasteiger partial charge in [-0.3, -0.25) is 0 Å². The zero-order valence-corrected chi connectivity index (χ0v) is 21.1. The van der Waals surface area contributed by atoms with Gasteiger partial charge in [-0.15, -0.1) is 12.4 Å². The van der Waals surface area contributed by atoms with Gasteiger partial charge in [0.2, 0.25) is 0 Å². The van der Waals surface area contributed by atoms with E-state index in [4.69, 9.17) is 32.7 Å². The zero-order valence-electron chi connectivity index (χ0n) is 18.8. The molecular formula is C24H34Cl3NO2. The molecule has 3 nitrogen and oxygen atoms in total. The Morgan fingerprint density at radius 3 is 2.20 bits per heavy atom. The molecule has 0 aliphatic heterocycles. The van der Waals surface area contributed by atoms with Crippen LogP contribution in [-0.2, 0) is 13.2 Å². The lowest BCUT2D eigenvalue weighted by molar-refractivity contribution is 0.240. The fraction of sp³-hybridized carbons (Fsp3) is 0.500. The smallest absolute Gasteiger partial charge is 0.180 e. The maximum atomic E-state index is 6.57. The molecule has 6 heteroatoms. The van der Waals surface area contributed by atoms with E-state index in [9.17, 15) is 0 Å². The summed E-state index contributed by atoms with van der Waals surface area (Å²) in [5, 5.41) is 4.85. The summed E-state index contributed by atoms with van der Waals surface area (Å²) in [6, 6.07) is 11.5. The highest BCUT2D eigenvalue weighted by atomic mass is 35.5. The molecule has 168 valence electrons. The third-order valence-corrected chi connectivity index (χ3v) is 5.09. The van der Waals surface area contributed by atoms with Gasteiger partial charge in [-0.05, 0) is 56.4 Å². The Balaban J connectivity index is 0.00000450. The van der Waals surface area contributed by atoms with Gasteiger partial charge < -0.3 is 14.8 Å². The molecule has 2 aromatic carbocycles. The molecule has 0 radical (unpaired) electrons. The van der Waals surface area contributed by atoms with Crippen molar-refractivity contribution in [3.63, 3.8) is 0 Å². The molecule has 0 amide bonds. The van der Waals surface area contributed by atoms with Crippen LogP contribution in [-0.4, -0.2) is 12.1 Å². The van der Waals surface area contributed by atoms with E-state index in [0.717, 1.165) is 17.5 Å². The number of ether oxygens (including phenoxy) is 2. The first-order valence-electron chi connectivity index (χ1n) is 10.1. The number of rotatable bonds is 9. The molecule has 0 heterocycles. The molecular weight excluding hydrogens is 441 g/mol. The van der Waals surface area contributed by atoms with Crippen LogP contribution in [0.15, 0.2) is 36.4 Å². The van der Waals surface area contributed by atoms with Crippen LogP contribution in [0.3, 0.4) is 0 Å². The third kappa shape index (κ3) is 8.55. The van der Waals surface area contributed by atoms with Crippen LogP contribution < -0.4 is 14.8 Å². The molecule has 0 aromatic heterocycles. The quantitative estimate of drug-likeness (QED) is 0.404. The molecule has 0 spiro atoms. The van der Waals surface area contributed by atoms with Gasteiger partial charge in [0.1, 0.15) is 6.61 Å². The Labute approximate surface area is 197 Å². The standard InChI is InChI=1S/C24H33Cl2NO2.ClH/c1-7-28-21-13-17(14-27-24(5,6)16-23(2,3)4)12-20(26)22(21)29-15-18-10-8-9-11-19(18)25;/h8-13,27H,7,14-16H2,1-6H3;1H. The van der Waals surface area contributed by atoms with E-state index < -0.39 is 0 Å². The van der Waals surface area contributed by atoms with Gasteiger partial charge in [-0.1, -0.05) is 62.2 Å². The third-order valence-electron chi connectivity index (χ3n) is 4.44. The highest BCUT2D eigenvalue weighted by molar-refractivity contribution is 6.32. The predicted molar refractivity (Wildman–Crippen MR) is 131 cm³/mol. The number of halogens is 3. The predicted octanol–water partition coefficient (Wildman–Crippen LogP) is 7.70. The lowest BCUT2D eigenvalue weighted by Crippen LogP contribution is -2.41. The van der Waals surface area contributed by atoms with Gasteiger partial charge in [0.15, 0.2) is 11.5 Å². The molecule has 0 bridgehead atoms. The normalized spacial score (nSPS) is 11.7. The fourth-order valence-electron chi connectivity index (χ4n) is 3.62. The number of benzene rings is 2. The summed E-state index contributed by atoms with van der Waals surface area (Å²) in [6.45, 7) is 14.7. The van der Waals surface area contributed by atoms with Crippen molar-refractivity contribution in [1.29, 1.82) is 0 Å². The van der Waals surface area contributed by atoms with Crippen molar-refractivity contribution in [1.82, 2.24) is 5.32 Å². The summed E-state index contributed by atoms with van der Waals surface area (Å²) in [6.07, 6.45) is 1.06. The van der Waals surface area contributed by atoms with Crippen LogP contribution in [0.5, 0.6) is 11.5 Å². The minimum atomic E-state index is 0. The maximum absolute atomic E-state index is 6.57. The van der Waals surface area contributed by atoms with Crippen molar-refractivity contribution in [2.75, 3.05) is 6.61 Å². The Bertz CT molecular complexity index is 817. The number of hydrogen-bond donors (Lipinski definition) is 1. The number of hydrogen-bond acceptors (Lipinski definition) is 3. The van der Waals surface area contributed by atoms with Crippen molar-refractivity contribution in [2.45, 2.75) is 66.7 Å². The first-order valence-corrected chi connectivity index (χ1v) is 10.8. The summed E-state index contributed by atoms with van der Waals surface area (Å²) in [5.74, 6) is 1.20. The average Bonchev–Trinajstić information content (AvgIpc) is 2.59. The summed E-state index contributed by atoms with van der Waals surface area (Å²) >= 11 is 12.8. The van der Waals surface area contributed by atoms with E-state index in [1.165, 1.54) is 0 Å². The van der Waals surface area contributed by atoms with Gasteiger partial charge in [0.25, 0.3) is 0 Å². The second-order valence-electron chi connectivity index (χ2n) is 9.19. The van der Waals surface area contributed by atoms with Gasteiger partial charge in [0.05, 0.1) is 11.6 Å². The SMILES string of the molecule is CCOc1cc(CNC(C)(C)CC(C)(C)C)cc(Cl)c1OCc1ccccc1Cl.Cl. The number of nitrogens with one attached hydrogen (secondary N) is 1. The van der Waals surface area contributed by atoms with E-state index in [0.29, 0.717) is 41.3 Å². The zero-order chi connectivity index (χ0) is 21.7. The van der Waals surface area contributed by atoms with Crippen molar-refractivity contribution in [2.24, 2.45) is 5.41 Å². The van der Waals surface area contributed by atoms with E-state index in [-0.39, 0.29) is 23.4 Å². The highest BCUT2D eigenvalue weighted by Crippen LogP contribution is 2.38. The molecule has 0 saturated heterocycles. The lowest BCUT2D eigenvalue weighted by Gasteiger charge is -2.33. The maximum Gasteiger partial charge on any atom is 0.180 e. The minimum Gasteiger partial charge on any atom is -0.490 e. The molecule has 0 fully saturated rings.